The van der Waals surface area contributed by atoms with Crippen LogP contribution in [0.1, 0.15) is 47.2 Å². The molecule has 0 aliphatic rings. The molecule has 3 N–H and O–H groups in total. The molecule has 2 aromatic rings. The Balaban J connectivity index is 2.01. The number of nitrogens with one attached hydrogen (secondary N) is 1. The lowest BCUT2D eigenvalue weighted by Gasteiger charge is -2.10. The zero-order valence-corrected chi connectivity index (χ0v) is 13.2. The fourth-order valence-corrected chi connectivity index (χ4v) is 2.77. The van der Waals surface area contributed by atoms with E-state index in [4.69, 9.17) is 5.73 Å². The highest BCUT2D eigenvalue weighted by Gasteiger charge is 2.11. The van der Waals surface area contributed by atoms with E-state index in [2.05, 4.69) is 36.3 Å². The van der Waals surface area contributed by atoms with Crippen molar-refractivity contribution in [2.24, 2.45) is 5.73 Å². The van der Waals surface area contributed by atoms with Crippen LogP contribution in [0.4, 0.5) is 5.69 Å². The monoisotopic (exact) mass is 303 g/mol. The molecule has 0 bridgehead atoms. The van der Waals surface area contributed by atoms with Crippen molar-refractivity contribution in [2.75, 3.05) is 11.9 Å². The summed E-state index contributed by atoms with van der Waals surface area (Å²) in [4.78, 5) is 16.4. The first-order valence-corrected chi connectivity index (χ1v) is 8.07. The molecule has 4 nitrogen and oxygen atoms in total. The zero-order valence-electron chi connectivity index (χ0n) is 12.4. The van der Waals surface area contributed by atoms with Crippen molar-refractivity contribution in [3.05, 3.63) is 45.9 Å². The van der Waals surface area contributed by atoms with Crippen molar-refractivity contribution in [3.8, 4) is 0 Å². The van der Waals surface area contributed by atoms with Gasteiger partial charge in [0.1, 0.15) is 5.69 Å². The molecule has 112 valence electrons. The fraction of sp³-hybridized carbons (Fsp3) is 0.375. The minimum Gasteiger partial charge on any atom is -0.330 e. The second-order valence-electron chi connectivity index (χ2n) is 5.05. The van der Waals surface area contributed by atoms with Gasteiger partial charge in [-0.05, 0) is 36.6 Å². The Morgan fingerprint density at radius 1 is 1.38 bits per heavy atom. The predicted octanol–water partition coefficient (Wildman–Crippen LogP) is 3.41. The van der Waals surface area contributed by atoms with Crippen LogP contribution in [0.25, 0.3) is 0 Å². The lowest BCUT2D eigenvalue weighted by Crippen LogP contribution is -2.12. The summed E-state index contributed by atoms with van der Waals surface area (Å²) in [6.07, 6.45) is 1.82. The number of thiazole rings is 1. The average molecular weight is 303 g/mol. The van der Waals surface area contributed by atoms with Crippen LogP contribution in [0.15, 0.2) is 29.6 Å². The van der Waals surface area contributed by atoms with Gasteiger partial charge < -0.3 is 11.1 Å². The summed E-state index contributed by atoms with van der Waals surface area (Å²) < 4.78 is 0. The van der Waals surface area contributed by atoms with E-state index in [0.717, 1.165) is 17.1 Å². The standard InChI is InChI=1S/C16H21N3OS/c1-3-11(2)12-4-6-13(7-5-12)18-16(20)14-10-21-15(19-14)8-9-17/h4-7,10-11H,3,8-9,17H2,1-2H3,(H,18,20). The molecule has 0 saturated heterocycles. The molecule has 1 aromatic carbocycles. The van der Waals surface area contributed by atoms with Crippen LogP contribution in [0.3, 0.4) is 0 Å². The van der Waals surface area contributed by atoms with Crippen molar-refractivity contribution in [1.29, 1.82) is 0 Å². The van der Waals surface area contributed by atoms with E-state index in [1.165, 1.54) is 16.9 Å². The highest BCUT2D eigenvalue weighted by molar-refractivity contribution is 7.09. The number of amides is 1. The SMILES string of the molecule is CCC(C)c1ccc(NC(=O)c2csc(CCN)n2)cc1. The van der Waals surface area contributed by atoms with Crippen molar-refractivity contribution in [2.45, 2.75) is 32.6 Å². The molecule has 0 saturated carbocycles. The van der Waals surface area contributed by atoms with Gasteiger partial charge in [-0.2, -0.15) is 0 Å². The van der Waals surface area contributed by atoms with E-state index in [0.29, 0.717) is 24.6 Å². The van der Waals surface area contributed by atoms with E-state index in [1.54, 1.807) is 5.38 Å². The second-order valence-corrected chi connectivity index (χ2v) is 5.99. The molecule has 1 heterocycles. The number of benzene rings is 1. The van der Waals surface area contributed by atoms with E-state index in [9.17, 15) is 4.79 Å². The van der Waals surface area contributed by atoms with Crippen LogP contribution < -0.4 is 11.1 Å². The third-order valence-electron chi connectivity index (χ3n) is 3.49. The van der Waals surface area contributed by atoms with Crippen molar-refractivity contribution >= 4 is 22.9 Å². The number of nitrogens with zero attached hydrogens (tertiary/aromatic N) is 1. The van der Waals surface area contributed by atoms with E-state index in [-0.39, 0.29) is 5.91 Å². The first kappa shape index (κ1) is 15.7. The molecular weight excluding hydrogens is 282 g/mol. The average Bonchev–Trinajstić information content (AvgIpc) is 2.96. The number of rotatable bonds is 6. The summed E-state index contributed by atoms with van der Waals surface area (Å²) in [6.45, 7) is 4.91. The second kappa shape index (κ2) is 7.33. The number of hydrogen-bond donors (Lipinski definition) is 2. The molecule has 21 heavy (non-hydrogen) atoms. The third-order valence-corrected chi connectivity index (χ3v) is 4.40. The Bertz CT molecular complexity index is 592. The molecule has 1 unspecified atom stereocenters. The number of nitrogens with two attached hydrogens (primary N) is 1. The van der Waals surface area contributed by atoms with Crippen LogP contribution >= 0.6 is 11.3 Å². The van der Waals surface area contributed by atoms with Gasteiger partial charge in [-0.3, -0.25) is 4.79 Å². The molecular formula is C16H21N3OS. The van der Waals surface area contributed by atoms with Gasteiger partial charge in [-0.25, -0.2) is 4.98 Å². The van der Waals surface area contributed by atoms with Gasteiger partial charge in [-0.15, -0.1) is 11.3 Å². The van der Waals surface area contributed by atoms with Gasteiger partial charge >= 0.3 is 0 Å². The summed E-state index contributed by atoms with van der Waals surface area (Å²) in [5, 5.41) is 5.54. The predicted molar refractivity (Wildman–Crippen MR) is 88.0 cm³/mol. The Kier molecular flexibility index (Phi) is 5.47. The molecule has 0 radical (unpaired) electrons. The highest BCUT2D eigenvalue weighted by atomic mass is 32.1. The topological polar surface area (TPSA) is 68.0 Å². The van der Waals surface area contributed by atoms with Gasteiger partial charge in [0, 0.05) is 17.5 Å². The van der Waals surface area contributed by atoms with E-state index >= 15 is 0 Å². The summed E-state index contributed by atoms with van der Waals surface area (Å²) in [7, 11) is 0. The van der Waals surface area contributed by atoms with Crippen molar-refractivity contribution in [3.63, 3.8) is 0 Å². The highest BCUT2D eigenvalue weighted by Crippen LogP contribution is 2.21. The minimum atomic E-state index is -0.175. The number of carbonyl (C=O) groups excluding carboxylic acids is 1. The molecule has 2 rings (SSSR count). The van der Waals surface area contributed by atoms with E-state index < -0.39 is 0 Å². The van der Waals surface area contributed by atoms with Crippen LogP contribution in [0.5, 0.6) is 0 Å². The molecule has 1 amide bonds. The molecule has 0 aliphatic heterocycles. The first-order chi connectivity index (χ1) is 10.1. The Hall–Kier alpha value is -1.72. The summed E-state index contributed by atoms with van der Waals surface area (Å²) in [6, 6.07) is 7.99. The Morgan fingerprint density at radius 3 is 2.71 bits per heavy atom. The maximum Gasteiger partial charge on any atom is 0.275 e. The minimum absolute atomic E-state index is 0.175. The van der Waals surface area contributed by atoms with Crippen LogP contribution in [-0.4, -0.2) is 17.4 Å². The summed E-state index contributed by atoms with van der Waals surface area (Å²) >= 11 is 1.47. The number of aromatic nitrogens is 1. The van der Waals surface area contributed by atoms with Crippen LogP contribution in [0, 0.1) is 0 Å². The Labute approximate surface area is 129 Å². The lowest BCUT2D eigenvalue weighted by atomic mass is 9.99. The zero-order chi connectivity index (χ0) is 15.2. The van der Waals surface area contributed by atoms with Gasteiger partial charge in [-0.1, -0.05) is 26.0 Å². The first-order valence-electron chi connectivity index (χ1n) is 7.19. The Morgan fingerprint density at radius 2 is 2.10 bits per heavy atom. The van der Waals surface area contributed by atoms with E-state index in [1.807, 2.05) is 12.1 Å². The van der Waals surface area contributed by atoms with Gasteiger partial charge in [0.25, 0.3) is 5.91 Å². The fourth-order valence-electron chi connectivity index (χ4n) is 1.98. The number of anilines is 1. The van der Waals surface area contributed by atoms with Crippen molar-refractivity contribution < 1.29 is 4.79 Å². The summed E-state index contributed by atoms with van der Waals surface area (Å²) in [5.74, 6) is 0.359. The largest absolute Gasteiger partial charge is 0.330 e. The number of hydrogen-bond acceptors (Lipinski definition) is 4. The molecule has 1 atom stereocenters. The molecule has 0 fully saturated rings. The van der Waals surface area contributed by atoms with Crippen molar-refractivity contribution in [1.82, 2.24) is 4.98 Å². The lowest BCUT2D eigenvalue weighted by molar-refractivity contribution is 0.102. The maximum atomic E-state index is 12.1. The van der Waals surface area contributed by atoms with Crippen LogP contribution in [0.2, 0.25) is 0 Å². The van der Waals surface area contributed by atoms with Gasteiger partial charge in [0.05, 0.1) is 5.01 Å². The van der Waals surface area contributed by atoms with Gasteiger partial charge in [0.2, 0.25) is 0 Å². The number of carbonyl (C=O) groups is 1. The molecule has 0 aliphatic carbocycles. The van der Waals surface area contributed by atoms with Gasteiger partial charge in [0.15, 0.2) is 0 Å². The normalized spacial score (nSPS) is 12.1. The maximum absolute atomic E-state index is 12.1. The quantitative estimate of drug-likeness (QED) is 0.859. The van der Waals surface area contributed by atoms with Crippen LogP contribution in [-0.2, 0) is 6.42 Å². The summed E-state index contributed by atoms with van der Waals surface area (Å²) in [5.41, 5.74) is 8.02. The molecule has 1 aromatic heterocycles. The third kappa shape index (κ3) is 4.12. The smallest absolute Gasteiger partial charge is 0.275 e. The molecule has 0 spiro atoms. The molecule has 5 heteroatoms.